The Morgan fingerprint density at radius 3 is 2.17 bits per heavy atom. The summed E-state index contributed by atoms with van der Waals surface area (Å²) in [7, 11) is 0. The molecule has 0 radical (unpaired) electrons. The molecule has 1 aromatic heterocycles. The summed E-state index contributed by atoms with van der Waals surface area (Å²) in [6.07, 6.45) is 0. The monoisotopic (exact) mass is 481 g/mol. The van der Waals surface area contributed by atoms with E-state index in [2.05, 4.69) is 30.9 Å². The number of rotatable bonds is 5. The Morgan fingerprint density at radius 2 is 1.53 bits per heavy atom. The number of piperazine rings is 1. The molecule has 2 heterocycles. The molecule has 0 bridgehead atoms. The molecular weight excluding hydrogens is 454 g/mol. The van der Waals surface area contributed by atoms with Gasteiger partial charge in [0, 0.05) is 49.6 Å². The molecule has 1 aliphatic rings. The van der Waals surface area contributed by atoms with E-state index in [0.29, 0.717) is 31.9 Å². The van der Waals surface area contributed by atoms with E-state index >= 15 is 0 Å². The van der Waals surface area contributed by atoms with Gasteiger partial charge in [-0.25, -0.2) is 4.68 Å². The molecule has 1 amide bonds. The molecule has 0 aliphatic carbocycles. The van der Waals surface area contributed by atoms with E-state index in [1.54, 1.807) is 16.8 Å². The minimum Gasteiger partial charge on any atom is -0.368 e. The number of aromatic nitrogens is 2. The van der Waals surface area contributed by atoms with Gasteiger partial charge in [0.25, 0.3) is 11.6 Å². The second-order valence-electron chi connectivity index (χ2n) is 9.01. The van der Waals surface area contributed by atoms with Gasteiger partial charge < -0.3 is 9.80 Å². The van der Waals surface area contributed by atoms with Gasteiger partial charge in [0.2, 0.25) is 0 Å². The van der Waals surface area contributed by atoms with Crippen LogP contribution < -0.4 is 4.90 Å². The fraction of sp³-hybridized carbons (Fsp3) is 0.214. The van der Waals surface area contributed by atoms with Crippen LogP contribution in [0.2, 0.25) is 0 Å². The highest BCUT2D eigenvalue weighted by Gasteiger charge is 2.26. The van der Waals surface area contributed by atoms with E-state index in [-0.39, 0.29) is 11.6 Å². The number of nitro groups is 1. The molecule has 36 heavy (non-hydrogen) atoms. The van der Waals surface area contributed by atoms with Crippen molar-refractivity contribution in [1.82, 2.24) is 14.7 Å². The molecule has 8 nitrogen and oxygen atoms in total. The zero-order valence-electron chi connectivity index (χ0n) is 20.3. The van der Waals surface area contributed by atoms with Crippen LogP contribution in [0.3, 0.4) is 0 Å². The van der Waals surface area contributed by atoms with Gasteiger partial charge in [-0.2, -0.15) is 5.10 Å². The third kappa shape index (κ3) is 4.57. The number of aryl methyl sites for hydroxylation is 2. The summed E-state index contributed by atoms with van der Waals surface area (Å²) in [6.45, 7) is 6.54. The number of benzene rings is 3. The largest absolute Gasteiger partial charge is 0.368 e. The Balaban J connectivity index is 1.39. The van der Waals surface area contributed by atoms with Crippen LogP contribution in [0.1, 0.15) is 21.6 Å². The van der Waals surface area contributed by atoms with E-state index in [9.17, 15) is 14.9 Å². The Bertz CT molecular complexity index is 1410. The van der Waals surface area contributed by atoms with E-state index in [1.807, 2.05) is 47.4 Å². The molecule has 5 rings (SSSR count). The number of anilines is 1. The fourth-order valence-corrected chi connectivity index (χ4v) is 4.46. The van der Waals surface area contributed by atoms with Crippen LogP contribution in [0.15, 0.2) is 78.9 Å². The van der Waals surface area contributed by atoms with Gasteiger partial charge in [-0.3, -0.25) is 14.9 Å². The molecule has 0 unspecified atom stereocenters. The van der Waals surface area contributed by atoms with Crippen LogP contribution in [-0.4, -0.2) is 51.7 Å². The van der Waals surface area contributed by atoms with Crippen molar-refractivity contribution in [2.75, 3.05) is 31.1 Å². The number of hydrogen-bond acceptors (Lipinski definition) is 5. The first-order chi connectivity index (χ1) is 17.4. The summed E-state index contributed by atoms with van der Waals surface area (Å²) in [5.74, 6) is -0.0650. The molecule has 1 saturated heterocycles. The van der Waals surface area contributed by atoms with Gasteiger partial charge in [-0.05, 0) is 61.4 Å². The van der Waals surface area contributed by atoms with E-state index in [1.165, 1.54) is 23.3 Å². The maximum absolute atomic E-state index is 13.7. The molecule has 1 aliphatic heterocycles. The second kappa shape index (κ2) is 9.65. The van der Waals surface area contributed by atoms with Gasteiger partial charge in [-0.15, -0.1) is 0 Å². The van der Waals surface area contributed by atoms with Crippen molar-refractivity contribution in [2.24, 2.45) is 0 Å². The van der Waals surface area contributed by atoms with Crippen LogP contribution in [0.4, 0.5) is 11.4 Å². The van der Waals surface area contributed by atoms with Crippen LogP contribution in [0.5, 0.6) is 0 Å². The summed E-state index contributed by atoms with van der Waals surface area (Å²) in [6, 6.07) is 24.3. The SMILES string of the molecule is Cc1ccc(-c2cc(C(=O)N3CCN(c4ccc([N+](=O)[O-])cc4)CC3)n(-c3ccccc3)n2)cc1C. The topological polar surface area (TPSA) is 84.5 Å². The second-order valence-corrected chi connectivity index (χ2v) is 9.01. The normalized spacial score (nSPS) is 13.6. The summed E-state index contributed by atoms with van der Waals surface area (Å²) in [5.41, 5.74) is 6.47. The Morgan fingerprint density at radius 1 is 0.833 bits per heavy atom. The predicted octanol–water partition coefficient (Wildman–Crippen LogP) is 5.03. The van der Waals surface area contributed by atoms with E-state index < -0.39 is 4.92 Å². The molecule has 3 aromatic carbocycles. The first-order valence-corrected chi connectivity index (χ1v) is 11.9. The maximum atomic E-state index is 13.7. The van der Waals surface area contributed by atoms with Gasteiger partial charge in [-0.1, -0.05) is 30.3 Å². The molecular formula is C28H27N5O3. The number of non-ortho nitro benzene ring substituents is 1. The van der Waals surface area contributed by atoms with E-state index in [4.69, 9.17) is 5.10 Å². The summed E-state index contributed by atoms with van der Waals surface area (Å²) < 4.78 is 1.73. The molecule has 0 saturated carbocycles. The van der Waals surface area contributed by atoms with Crippen LogP contribution in [-0.2, 0) is 0 Å². The van der Waals surface area contributed by atoms with Gasteiger partial charge >= 0.3 is 0 Å². The third-order valence-corrected chi connectivity index (χ3v) is 6.72. The number of hydrogen-bond donors (Lipinski definition) is 0. The number of carbonyl (C=O) groups is 1. The lowest BCUT2D eigenvalue weighted by Gasteiger charge is -2.36. The number of carbonyl (C=O) groups excluding carboxylic acids is 1. The van der Waals surface area contributed by atoms with Crippen LogP contribution in [0, 0.1) is 24.0 Å². The quantitative estimate of drug-likeness (QED) is 0.295. The van der Waals surface area contributed by atoms with Crippen molar-refractivity contribution in [3.8, 4) is 16.9 Å². The Hall–Kier alpha value is -4.46. The Kier molecular flexibility index (Phi) is 6.25. The van der Waals surface area contributed by atoms with Crippen LogP contribution in [0.25, 0.3) is 16.9 Å². The molecule has 8 heteroatoms. The molecule has 4 aromatic rings. The average Bonchev–Trinajstić information content (AvgIpc) is 3.36. The smallest absolute Gasteiger partial charge is 0.272 e. The van der Waals surface area contributed by atoms with Crippen molar-refractivity contribution in [2.45, 2.75) is 13.8 Å². The minimum atomic E-state index is -0.400. The van der Waals surface area contributed by atoms with Crippen molar-refractivity contribution in [1.29, 1.82) is 0 Å². The lowest BCUT2D eigenvalue weighted by atomic mass is 10.0. The van der Waals surface area contributed by atoms with E-state index in [0.717, 1.165) is 22.6 Å². The van der Waals surface area contributed by atoms with Gasteiger partial charge in [0.1, 0.15) is 5.69 Å². The summed E-state index contributed by atoms with van der Waals surface area (Å²) in [4.78, 5) is 28.2. The highest BCUT2D eigenvalue weighted by Crippen LogP contribution is 2.26. The first-order valence-electron chi connectivity index (χ1n) is 11.9. The minimum absolute atomic E-state index is 0.0650. The van der Waals surface area contributed by atoms with Crippen molar-refractivity contribution < 1.29 is 9.72 Å². The number of amides is 1. The maximum Gasteiger partial charge on any atom is 0.272 e. The molecule has 0 N–H and O–H groups in total. The fourth-order valence-electron chi connectivity index (χ4n) is 4.46. The number of para-hydroxylation sites is 1. The third-order valence-electron chi connectivity index (χ3n) is 6.72. The first kappa shape index (κ1) is 23.3. The predicted molar refractivity (Wildman–Crippen MR) is 140 cm³/mol. The summed E-state index contributed by atoms with van der Waals surface area (Å²) in [5, 5.41) is 15.8. The highest BCUT2D eigenvalue weighted by atomic mass is 16.6. The molecule has 0 atom stereocenters. The summed E-state index contributed by atoms with van der Waals surface area (Å²) >= 11 is 0. The lowest BCUT2D eigenvalue weighted by Crippen LogP contribution is -2.49. The molecule has 1 fully saturated rings. The van der Waals surface area contributed by atoms with Crippen molar-refractivity contribution in [3.63, 3.8) is 0 Å². The molecule has 0 spiro atoms. The zero-order chi connectivity index (χ0) is 25.2. The average molecular weight is 482 g/mol. The Labute approximate surface area is 209 Å². The van der Waals surface area contributed by atoms with Crippen molar-refractivity contribution in [3.05, 3.63) is 106 Å². The van der Waals surface area contributed by atoms with Gasteiger partial charge in [0.05, 0.1) is 16.3 Å². The number of nitro benzene ring substituents is 1. The zero-order valence-corrected chi connectivity index (χ0v) is 20.3. The lowest BCUT2D eigenvalue weighted by molar-refractivity contribution is -0.384. The molecule has 182 valence electrons. The van der Waals surface area contributed by atoms with Crippen molar-refractivity contribution >= 4 is 17.3 Å². The van der Waals surface area contributed by atoms with Crippen LogP contribution >= 0.6 is 0 Å². The highest BCUT2D eigenvalue weighted by molar-refractivity contribution is 5.94. The standard InChI is InChI=1S/C28H27N5O3/c1-20-8-9-22(18-21(20)2)26-19-27(32(29-26)24-6-4-3-5-7-24)28(34)31-16-14-30(15-17-31)23-10-12-25(13-11-23)33(35)36/h3-13,18-19H,14-17H2,1-2H3. The number of nitrogens with zero attached hydrogens (tertiary/aromatic N) is 5. The van der Waals surface area contributed by atoms with Gasteiger partial charge in [0.15, 0.2) is 0 Å².